The molecule has 1 aliphatic rings. The van der Waals surface area contributed by atoms with Gasteiger partial charge in [0.05, 0.1) is 5.69 Å². The molecule has 0 radical (unpaired) electrons. The van der Waals surface area contributed by atoms with Crippen LogP contribution in [0.3, 0.4) is 0 Å². The SMILES string of the molecule is CC(OC(=O)c1sccc1-n1cccc1)C(=O)NC(=O)NC1CCCC1. The van der Waals surface area contributed by atoms with Crippen LogP contribution in [0.1, 0.15) is 42.3 Å². The van der Waals surface area contributed by atoms with Crippen LogP contribution in [-0.4, -0.2) is 34.6 Å². The molecule has 2 N–H and O–H groups in total. The first kappa shape index (κ1) is 18.2. The van der Waals surface area contributed by atoms with Gasteiger partial charge in [-0.15, -0.1) is 11.3 Å². The summed E-state index contributed by atoms with van der Waals surface area (Å²) in [7, 11) is 0. The van der Waals surface area contributed by atoms with Gasteiger partial charge < -0.3 is 14.6 Å². The Labute approximate surface area is 155 Å². The molecule has 0 spiro atoms. The largest absolute Gasteiger partial charge is 0.448 e. The number of rotatable bonds is 5. The van der Waals surface area contributed by atoms with Crippen LogP contribution in [-0.2, 0) is 9.53 Å². The second kappa shape index (κ2) is 8.18. The average Bonchev–Trinajstić information content (AvgIpc) is 3.35. The van der Waals surface area contributed by atoms with Crippen LogP contribution in [0, 0.1) is 0 Å². The summed E-state index contributed by atoms with van der Waals surface area (Å²) in [5.41, 5.74) is 0.691. The lowest BCUT2D eigenvalue weighted by atomic mass is 10.2. The van der Waals surface area contributed by atoms with Gasteiger partial charge >= 0.3 is 12.0 Å². The number of thiophene rings is 1. The van der Waals surface area contributed by atoms with E-state index in [1.54, 1.807) is 16.0 Å². The third kappa shape index (κ3) is 4.32. The average molecular weight is 375 g/mol. The zero-order valence-corrected chi connectivity index (χ0v) is 15.3. The van der Waals surface area contributed by atoms with Crippen molar-refractivity contribution in [3.05, 3.63) is 40.8 Å². The molecule has 3 rings (SSSR count). The monoisotopic (exact) mass is 375 g/mol. The predicted molar refractivity (Wildman–Crippen MR) is 97.5 cm³/mol. The van der Waals surface area contributed by atoms with E-state index in [0.717, 1.165) is 25.7 Å². The summed E-state index contributed by atoms with van der Waals surface area (Å²) in [4.78, 5) is 36.7. The van der Waals surface area contributed by atoms with Gasteiger partial charge in [-0.3, -0.25) is 10.1 Å². The van der Waals surface area contributed by atoms with Crippen molar-refractivity contribution in [3.63, 3.8) is 0 Å². The van der Waals surface area contributed by atoms with Gasteiger partial charge in [0.1, 0.15) is 4.88 Å². The molecule has 0 aromatic carbocycles. The Bertz CT molecular complexity index is 778. The third-order valence-electron chi connectivity index (χ3n) is 4.29. The Morgan fingerprint density at radius 1 is 1.23 bits per heavy atom. The lowest BCUT2D eigenvalue weighted by Crippen LogP contribution is -2.47. The zero-order chi connectivity index (χ0) is 18.5. The number of hydrogen-bond donors (Lipinski definition) is 2. The third-order valence-corrected chi connectivity index (χ3v) is 5.18. The minimum Gasteiger partial charge on any atom is -0.448 e. The number of imide groups is 1. The van der Waals surface area contributed by atoms with Gasteiger partial charge in [-0.25, -0.2) is 9.59 Å². The molecule has 2 heterocycles. The lowest BCUT2D eigenvalue weighted by Gasteiger charge is -2.15. The zero-order valence-electron chi connectivity index (χ0n) is 14.4. The van der Waals surface area contributed by atoms with Gasteiger partial charge in [-0.2, -0.15) is 0 Å². The highest BCUT2D eigenvalue weighted by atomic mass is 32.1. The first-order valence-electron chi connectivity index (χ1n) is 8.58. The van der Waals surface area contributed by atoms with Crippen molar-refractivity contribution < 1.29 is 19.1 Å². The molecule has 8 heteroatoms. The summed E-state index contributed by atoms with van der Waals surface area (Å²) in [5, 5.41) is 6.78. The van der Waals surface area contributed by atoms with Crippen molar-refractivity contribution in [1.29, 1.82) is 0 Å². The Kier molecular flexibility index (Phi) is 5.72. The summed E-state index contributed by atoms with van der Waals surface area (Å²) in [5.74, 6) is -1.24. The minimum atomic E-state index is -1.07. The molecule has 1 aliphatic carbocycles. The van der Waals surface area contributed by atoms with E-state index in [1.807, 2.05) is 24.5 Å². The number of carbonyl (C=O) groups is 3. The Morgan fingerprint density at radius 3 is 2.62 bits per heavy atom. The number of hydrogen-bond acceptors (Lipinski definition) is 5. The second-order valence-electron chi connectivity index (χ2n) is 6.22. The highest BCUT2D eigenvalue weighted by molar-refractivity contribution is 7.12. The fraction of sp³-hybridized carbons (Fsp3) is 0.389. The standard InChI is InChI=1S/C18H21N3O4S/c1-12(16(22)20-18(24)19-13-6-2-3-7-13)25-17(23)15-14(8-11-26-15)21-9-4-5-10-21/h4-5,8-13H,2-3,6-7H2,1H3,(H2,19,20,22,24). The smallest absolute Gasteiger partial charge is 0.351 e. The molecule has 1 saturated carbocycles. The van der Waals surface area contributed by atoms with Crippen molar-refractivity contribution >= 4 is 29.2 Å². The Hall–Kier alpha value is -2.61. The van der Waals surface area contributed by atoms with E-state index in [0.29, 0.717) is 10.6 Å². The molecule has 26 heavy (non-hydrogen) atoms. The summed E-state index contributed by atoms with van der Waals surface area (Å²) in [6, 6.07) is 5.07. The minimum absolute atomic E-state index is 0.107. The molecule has 0 saturated heterocycles. The molecule has 3 amide bonds. The number of esters is 1. The van der Waals surface area contributed by atoms with E-state index in [2.05, 4.69) is 10.6 Å². The second-order valence-corrected chi connectivity index (χ2v) is 7.13. The van der Waals surface area contributed by atoms with Gasteiger partial charge in [-0.05, 0) is 43.3 Å². The highest BCUT2D eigenvalue weighted by Gasteiger charge is 2.25. The van der Waals surface area contributed by atoms with Crippen LogP contribution in [0.25, 0.3) is 5.69 Å². The summed E-state index contributed by atoms with van der Waals surface area (Å²) in [6.45, 7) is 1.44. The molecule has 0 bridgehead atoms. The molecule has 1 unspecified atom stereocenters. The van der Waals surface area contributed by atoms with Crippen molar-refractivity contribution in [1.82, 2.24) is 15.2 Å². The van der Waals surface area contributed by atoms with Crippen molar-refractivity contribution in [2.45, 2.75) is 44.8 Å². The molecule has 138 valence electrons. The Morgan fingerprint density at radius 2 is 1.92 bits per heavy atom. The van der Waals surface area contributed by atoms with Crippen LogP contribution in [0.5, 0.6) is 0 Å². The van der Waals surface area contributed by atoms with Gasteiger partial charge in [0.25, 0.3) is 5.91 Å². The van der Waals surface area contributed by atoms with Crippen molar-refractivity contribution in [2.75, 3.05) is 0 Å². The first-order chi connectivity index (χ1) is 12.5. The van der Waals surface area contributed by atoms with E-state index >= 15 is 0 Å². The molecule has 2 aromatic rings. The molecular weight excluding hydrogens is 354 g/mol. The van der Waals surface area contributed by atoms with E-state index in [9.17, 15) is 14.4 Å². The van der Waals surface area contributed by atoms with E-state index in [-0.39, 0.29) is 6.04 Å². The lowest BCUT2D eigenvalue weighted by molar-refractivity contribution is -0.127. The summed E-state index contributed by atoms with van der Waals surface area (Å²) < 4.78 is 7.03. The van der Waals surface area contributed by atoms with Crippen LogP contribution >= 0.6 is 11.3 Å². The molecule has 2 aromatic heterocycles. The quantitative estimate of drug-likeness (QED) is 0.787. The van der Waals surface area contributed by atoms with Gasteiger partial charge in [-0.1, -0.05) is 12.8 Å². The van der Waals surface area contributed by atoms with Crippen LogP contribution in [0.4, 0.5) is 4.79 Å². The maximum atomic E-state index is 12.4. The van der Waals surface area contributed by atoms with E-state index in [1.165, 1.54) is 18.3 Å². The fourth-order valence-electron chi connectivity index (χ4n) is 2.93. The molecule has 1 atom stereocenters. The van der Waals surface area contributed by atoms with Gasteiger partial charge in [0.2, 0.25) is 0 Å². The number of ether oxygens (including phenoxy) is 1. The normalized spacial score (nSPS) is 15.4. The first-order valence-corrected chi connectivity index (χ1v) is 9.45. The Balaban J connectivity index is 1.55. The maximum absolute atomic E-state index is 12.4. The highest BCUT2D eigenvalue weighted by Crippen LogP contribution is 2.23. The predicted octanol–water partition coefficient (Wildman–Crippen LogP) is 2.85. The number of nitrogens with one attached hydrogen (secondary N) is 2. The van der Waals surface area contributed by atoms with Gasteiger partial charge in [0, 0.05) is 18.4 Å². The molecular formula is C18H21N3O4S. The fourth-order valence-corrected chi connectivity index (χ4v) is 3.70. The number of carbonyl (C=O) groups excluding carboxylic acids is 3. The molecule has 1 fully saturated rings. The number of urea groups is 1. The maximum Gasteiger partial charge on any atom is 0.351 e. The van der Waals surface area contributed by atoms with Crippen LogP contribution in [0.2, 0.25) is 0 Å². The van der Waals surface area contributed by atoms with E-state index in [4.69, 9.17) is 4.74 Å². The van der Waals surface area contributed by atoms with Crippen LogP contribution in [0.15, 0.2) is 36.0 Å². The molecule has 0 aliphatic heterocycles. The number of amides is 3. The van der Waals surface area contributed by atoms with Gasteiger partial charge in [0.15, 0.2) is 6.10 Å². The summed E-state index contributed by atoms with van der Waals surface area (Å²) >= 11 is 1.24. The van der Waals surface area contributed by atoms with Crippen LogP contribution < -0.4 is 10.6 Å². The van der Waals surface area contributed by atoms with Crippen molar-refractivity contribution in [2.24, 2.45) is 0 Å². The number of nitrogens with zero attached hydrogens (tertiary/aromatic N) is 1. The summed E-state index contributed by atoms with van der Waals surface area (Å²) in [6.07, 6.45) is 6.58. The number of aromatic nitrogens is 1. The van der Waals surface area contributed by atoms with Crippen molar-refractivity contribution in [3.8, 4) is 5.69 Å². The molecule has 7 nitrogen and oxygen atoms in total. The topological polar surface area (TPSA) is 89.4 Å². The van der Waals surface area contributed by atoms with E-state index < -0.39 is 24.0 Å².